The van der Waals surface area contributed by atoms with Gasteiger partial charge in [0.05, 0.1) is 17.2 Å². The van der Waals surface area contributed by atoms with E-state index in [2.05, 4.69) is 5.10 Å². The Bertz CT molecular complexity index is 650. The van der Waals surface area contributed by atoms with Gasteiger partial charge < -0.3 is 10.0 Å². The van der Waals surface area contributed by atoms with Crippen LogP contribution in [0.3, 0.4) is 0 Å². The number of hydrogen-bond acceptors (Lipinski definition) is 3. The summed E-state index contributed by atoms with van der Waals surface area (Å²) in [7, 11) is 0. The lowest BCUT2D eigenvalue weighted by molar-refractivity contribution is -0.148. The zero-order valence-corrected chi connectivity index (χ0v) is 13.4. The molecule has 4 aliphatic rings. The average Bonchev–Trinajstić information content (AvgIpc) is 3.33. The van der Waals surface area contributed by atoms with Crippen molar-refractivity contribution in [2.24, 2.45) is 11.8 Å². The minimum atomic E-state index is -0.760. The number of carbonyl (C=O) groups excluding carboxylic acids is 1. The summed E-state index contributed by atoms with van der Waals surface area (Å²) in [5.74, 6) is -0.428. The molecule has 3 atom stereocenters. The Morgan fingerprint density at radius 1 is 1.30 bits per heavy atom. The maximum atomic E-state index is 13.1. The molecule has 2 saturated heterocycles. The van der Waals surface area contributed by atoms with E-state index < -0.39 is 11.9 Å². The van der Waals surface area contributed by atoms with Crippen molar-refractivity contribution in [3.63, 3.8) is 0 Å². The Balaban J connectivity index is 1.64. The topological polar surface area (TPSA) is 75.4 Å². The lowest BCUT2D eigenvalue weighted by atomic mass is 9.72. The molecule has 1 aromatic rings. The van der Waals surface area contributed by atoms with Gasteiger partial charge in [-0.2, -0.15) is 5.10 Å². The Hall–Kier alpha value is -1.85. The van der Waals surface area contributed by atoms with Gasteiger partial charge in [-0.05, 0) is 44.9 Å². The van der Waals surface area contributed by atoms with E-state index in [1.165, 1.54) is 0 Å². The molecule has 6 heteroatoms. The van der Waals surface area contributed by atoms with Crippen LogP contribution in [0.4, 0.5) is 0 Å². The SMILES string of the molecule is CCn1cc(C(=O)N2CC3CCC2C(C(=O)O)C3)c(C2CC2)n1. The second kappa shape index (κ2) is 5.35. The summed E-state index contributed by atoms with van der Waals surface area (Å²) in [6.07, 6.45) is 6.63. The van der Waals surface area contributed by atoms with Crippen molar-refractivity contribution in [1.29, 1.82) is 0 Å². The van der Waals surface area contributed by atoms with Crippen molar-refractivity contribution in [1.82, 2.24) is 14.7 Å². The van der Waals surface area contributed by atoms with Gasteiger partial charge in [-0.3, -0.25) is 14.3 Å². The minimum Gasteiger partial charge on any atom is -0.481 e. The molecule has 2 bridgehead atoms. The van der Waals surface area contributed by atoms with Gasteiger partial charge in [-0.15, -0.1) is 0 Å². The third kappa shape index (κ3) is 2.44. The van der Waals surface area contributed by atoms with E-state index >= 15 is 0 Å². The standard InChI is InChI=1S/C17H23N3O3/c1-2-19-9-13(15(18-19)11-4-5-11)16(21)20-8-10-3-6-14(20)12(7-10)17(22)23/h9-12,14H,2-8H2,1H3,(H,22,23). The Kier molecular flexibility index (Phi) is 3.43. The molecule has 1 aromatic heterocycles. The Morgan fingerprint density at radius 2 is 2.09 bits per heavy atom. The van der Waals surface area contributed by atoms with Crippen molar-refractivity contribution in [3.05, 3.63) is 17.5 Å². The first kappa shape index (κ1) is 14.7. The van der Waals surface area contributed by atoms with Crippen molar-refractivity contribution in [2.75, 3.05) is 6.54 Å². The van der Waals surface area contributed by atoms with Crippen molar-refractivity contribution in [2.45, 2.75) is 57.5 Å². The number of rotatable bonds is 4. The molecular weight excluding hydrogens is 294 g/mol. The van der Waals surface area contributed by atoms with Gasteiger partial charge in [0.15, 0.2) is 0 Å². The summed E-state index contributed by atoms with van der Waals surface area (Å²) in [6.45, 7) is 3.47. The number of amides is 1. The largest absolute Gasteiger partial charge is 0.481 e. The number of carboxylic acids is 1. The lowest BCUT2D eigenvalue weighted by Crippen LogP contribution is -2.57. The second-order valence-corrected chi connectivity index (χ2v) is 7.21. The molecule has 5 rings (SSSR count). The van der Waals surface area contributed by atoms with Crippen molar-refractivity contribution >= 4 is 11.9 Å². The van der Waals surface area contributed by atoms with E-state index in [9.17, 15) is 14.7 Å². The first-order valence-electron chi connectivity index (χ1n) is 8.69. The highest BCUT2D eigenvalue weighted by atomic mass is 16.4. The molecule has 2 aliphatic carbocycles. The molecule has 3 heterocycles. The number of hydrogen-bond donors (Lipinski definition) is 1. The smallest absolute Gasteiger partial charge is 0.308 e. The quantitative estimate of drug-likeness (QED) is 0.923. The molecule has 0 spiro atoms. The van der Waals surface area contributed by atoms with Crippen LogP contribution in [0.2, 0.25) is 0 Å². The number of carboxylic acid groups (broad SMARTS) is 1. The number of aromatic nitrogens is 2. The van der Waals surface area contributed by atoms with Crippen LogP contribution in [-0.2, 0) is 11.3 Å². The minimum absolute atomic E-state index is 0.00718. The normalized spacial score (nSPS) is 29.8. The molecule has 3 unspecified atom stereocenters. The highest BCUT2D eigenvalue weighted by Crippen LogP contribution is 2.43. The van der Waals surface area contributed by atoms with Crippen LogP contribution in [0.5, 0.6) is 0 Å². The fourth-order valence-corrected chi connectivity index (χ4v) is 4.27. The molecule has 1 N–H and O–H groups in total. The number of nitrogens with zero attached hydrogens (tertiary/aromatic N) is 3. The maximum Gasteiger partial charge on any atom is 0.308 e. The van der Waals surface area contributed by atoms with E-state index in [0.717, 1.165) is 37.9 Å². The van der Waals surface area contributed by atoms with Gasteiger partial charge in [-0.1, -0.05) is 0 Å². The predicted octanol–water partition coefficient (Wildman–Crippen LogP) is 2.11. The number of piperidine rings is 2. The number of aryl methyl sites for hydroxylation is 1. The lowest BCUT2D eigenvalue weighted by Gasteiger charge is -2.48. The summed E-state index contributed by atoms with van der Waals surface area (Å²) < 4.78 is 1.83. The average molecular weight is 317 g/mol. The van der Waals surface area contributed by atoms with Crippen LogP contribution in [0.15, 0.2) is 6.20 Å². The summed E-state index contributed by atoms with van der Waals surface area (Å²) in [5.41, 5.74) is 1.62. The molecule has 2 aliphatic heterocycles. The maximum absolute atomic E-state index is 13.1. The molecule has 0 aromatic carbocycles. The fourth-order valence-electron chi connectivity index (χ4n) is 4.27. The summed E-state index contributed by atoms with van der Waals surface area (Å²) >= 11 is 0. The van der Waals surface area contributed by atoms with Crippen LogP contribution < -0.4 is 0 Å². The summed E-state index contributed by atoms with van der Waals surface area (Å²) in [6, 6.07) is -0.151. The zero-order chi connectivity index (χ0) is 16.1. The van der Waals surface area contributed by atoms with E-state index in [1.807, 2.05) is 22.7 Å². The van der Waals surface area contributed by atoms with Crippen LogP contribution >= 0.6 is 0 Å². The molecule has 0 radical (unpaired) electrons. The highest BCUT2D eigenvalue weighted by molar-refractivity contribution is 5.96. The van der Waals surface area contributed by atoms with Crippen LogP contribution in [0, 0.1) is 11.8 Å². The zero-order valence-electron chi connectivity index (χ0n) is 13.4. The summed E-state index contributed by atoms with van der Waals surface area (Å²) in [4.78, 5) is 26.5. The number of aliphatic carboxylic acids is 1. The van der Waals surface area contributed by atoms with Crippen LogP contribution in [0.1, 0.15) is 61.0 Å². The first-order valence-corrected chi connectivity index (χ1v) is 8.69. The Morgan fingerprint density at radius 3 is 2.70 bits per heavy atom. The van der Waals surface area contributed by atoms with Gasteiger partial charge in [0.25, 0.3) is 5.91 Å². The molecule has 2 saturated carbocycles. The van der Waals surface area contributed by atoms with Gasteiger partial charge >= 0.3 is 5.97 Å². The highest BCUT2D eigenvalue weighted by Gasteiger charge is 2.47. The van der Waals surface area contributed by atoms with E-state index in [-0.39, 0.29) is 11.9 Å². The molecule has 1 amide bonds. The van der Waals surface area contributed by atoms with Gasteiger partial charge in [0, 0.05) is 31.2 Å². The monoisotopic (exact) mass is 317 g/mol. The van der Waals surface area contributed by atoms with E-state index in [0.29, 0.717) is 30.4 Å². The third-order valence-corrected chi connectivity index (χ3v) is 5.66. The first-order chi connectivity index (χ1) is 11.1. The van der Waals surface area contributed by atoms with Gasteiger partial charge in [-0.25, -0.2) is 0 Å². The fraction of sp³-hybridized carbons (Fsp3) is 0.706. The molecule has 23 heavy (non-hydrogen) atoms. The predicted molar refractivity (Wildman–Crippen MR) is 83.2 cm³/mol. The van der Waals surface area contributed by atoms with E-state index in [4.69, 9.17) is 0 Å². The third-order valence-electron chi connectivity index (χ3n) is 5.66. The van der Waals surface area contributed by atoms with Gasteiger partial charge in [0.2, 0.25) is 0 Å². The van der Waals surface area contributed by atoms with E-state index in [1.54, 1.807) is 0 Å². The second-order valence-electron chi connectivity index (χ2n) is 7.21. The molecule has 6 nitrogen and oxygen atoms in total. The Labute approximate surface area is 135 Å². The molecule has 4 fully saturated rings. The van der Waals surface area contributed by atoms with Crippen LogP contribution in [-0.4, -0.2) is 44.3 Å². The van der Waals surface area contributed by atoms with Crippen LogP contribution in [0.25, 0.3) is 0 Å². The van der Waals surface area contributed by atoms with Crippen molar-refractivity contribution in [3.8, 4) is 0 Å². The summed E-state index contributed by atoms with van der Waals surface area (Å²) in [5, 5.41) is 14.0. The number of fused-ring (bicyclic) bond motifs is 3. The molecular formula is C17H23N3O3. The van der Waals surface area contributed by atoms with Gasteiger partial charge in [0.1, 0.15) is 0 Å². The van der Waals surface area contributed by atoms with Crippen molar-refractivity contribution < 1.29 is 14.7 Å². The number of carbonyl (C=O) groups is 2. The molecule has 124 valence electrons.